The molecule has 22 heavy (non-hydrogen) atoms. The van der Waals surface area contributed by atoms with Gasteiger partial charge in [0.15, 0.2) is 5.96 Å². The molecule has 0 heterocycles. The molecule has 1 aromatic rings. The lowest BCUT2D eigenvalue weighted by molar-refractivity contribution is -0.121. The van der Waals surface area contributed by atoms with Crippen LogP contribution in [0, 0.1) is 0 Å². The second kappa shape index (κ2) is 9.66. The molecule has 1 amide bonds. The number of amides is 1. The van der Waals surface area contributed by atoms with Gasteiger partial charge in [0.05, 0.1) is 0 Å². The Balaban J connectivity index is 0.00000242. The van der Waals surface area contributed by atoms with E-state index in [2.05, 4.69) is 34.7 Å². The van der Waals surface area contributed by atoms with Crippen LogP contribution in [-0.2, 0) is 11.2 Å². The number of anilines is 1. The van der Waals surface area contributed by atoms with Crippen LogP contribution in [0.5, 0.6) is 0 Å². The molecule has 5 nitrogen and oxygen atoms in total. The Morgan fingerprint density at radius 3 is 2.86 bits per heavy atom. The van der Waals surface area contributed by atoms with E-state index in [0.29, 0.717) is 25.0 Å². The molecular weight excluding hydrogens is 391 g/mol. The highest BCUT2D eigenvalue weighted by molar-refractivity contribution is 14.0. The molecule has 1 saturated carbocycles. The molecule has 0 aliphatic heterocycles. The third kappa shape index (κ3) is 7.11. The Hall–Kier alpha value is -1.31. The van der Waals surface area contributed by atoms with Gasteiger partial charge in [-0.2, -0.15) is 0 Å². The highest BCUT2D eigenvalue weighted by Crippen LogP contribution is 2.18. The maximum atomic E-state index is 11.5. The van der Waals surface area contributed by atoms with Crippen molar-refractivity contribution in [1.82, 2.24) is 5.32 Å². The number of nitrogens with zero attached hydrogens (tertiary/aromatic N) is 1. The van der Waals surface area contributed by atoms with Crippen molar-refractivity contribution >= 4 is 41.5 Å². The molecule has 0 saturated heterocycles. The van der Waals surface area contributed by atoms with Gasteiger partial charge in [-0.3, -0.25) is 9.79 Å². The van der Waals surface area contributed by atoms with Crippen LogP contribution in [0.1, 0.15) is 38.2 Å². The third-order valence-corrected chi connectivity index (χ3v) is 3.39. The van der Waals surface area contributed by atoms with Crippen LogP contribution in [0.2, 0.25) is 0 Å². The number of nitrogens with one attached hydrogen (secondary N) is 2. The number of nitrogens with two attached hydrogens (primary N) is 1. The average molecular weight is 416 g/mol. The number of hydrogen-bond acceptors (Lipinski definition) is 2. The SMILES string of the molecule is CCc1cccc(NC(N)=NCCCC(=O)NC2CC2)c1.I. The Morgan fingerprint density at radius 1 is 1.41 bits per heavy atom. The summed E-state index contributed by atoms with van der Waals surface area (Å²) in [6.45, 7) is 2.67. The zero-order chi connectivity index (χ0) is 15.1. The van der Waals surface area contributed by atoms with Crippen molar-refractivity contribution in [2.24, 2.45) is 10.7 Å². The molecule has 0 aromatic heterocycles. The molecule has 0 radical (unpaired) electrons. The summed E-state index contributed by atoms with van der Waals surface area (Å²) in [6, 6.07) is 8.53. The van der Waals surface area contributed by atoms with E-state index in [1.54, 1.807) is 0 Å². The van der Waals surface area contributed by atoms with E-state index >= 15 is 0 Å². The van der Waals surface area contributed by atoms with Crippen molar-refractivity contribution in [3.63, 3.8) is 0 Å². The maximum absolute atomic E-state index is 11.5. The number of halogens is 1. The zero-order valence-electron chi connectivity index (χ0n) is 13.0. The summed E-state index contributed by atoms with van der Waals surface area (Å²) >= 11 is 0. The van der Waals surface area contributed by atoms with E-state index in [9.17, 15) is 4.79 Å². The van der Waals surface area contributed by atoms with Gasteiger partial charge in [0.25, 0.3) is 0 Å². The minimum absolute atomic E-state index is 0. The summed E-state index contributed by atoms with van der Waals surface area (Å²) in [4.78, 5) is 15.7. The number of rotatable bonds is 7. The van der Waals surface area contributed by atoms with Crippen LogP contribution in [-0.4, -0.2) is 24.5 Å². The minimum Gasteiger partial charge on any atom is -0.370 e. The molecule has 0 spiro atoms. The molecule has 2 rings (SSSR count). The van der Waals surface area contributed by atoms with Gasteiger partial charge in [-0.25, -0.2) is 0 Å². The van der Waals surface area contributed by atoms with Gasteiger partial charge in [0.1, 0.15) is 0 Å². The number of hydrogen-bond donors (Lipinski definition) is 3. The van der Waals surface area contributed by atoms with E-state index in [1.807, 2.05) is 12.1 Å². The summed E-state index contributed by atoms with van der Waals surface area (Å²) in [5.41, 5.74) is 8.04. The first-order valence-corrected chi connectivity index (χ1v) is 7.62. The lowest BCUT2D eigenvalue weighted by atomic mass is 10.1. The number of carbonyl (C=O) groups is 1. The first-order valence-electron chi connectivity index (χ1n) is 7.62. The number of aryl methyl sites for hydroxylation is 1. The van der Waals surface area contributed by atoms with Crippen molar-refractivity contribution in [2.45, 2.75) is 45.1 Å². The molecule has 1 aromatic carbocycles. The average Bonchev–Trinajstić information content (AvgIpc) is 3.27. The smallest absolute Gasteiger partial charge is 0.220 e. The highest BCUT2D eigenvalue weighted by Gasteiger charge is 2.22. The Morgan fingerprint density at radius 2 is 2.18 bits per heavy atom. The zero-order valence-corrected chi connectivity index (χ0v) is 15.3. The first-order chi connectivity index (χ1) is 10.2. The van der Waals surface area contributed by atoms with Crippen LogP contribution in [0.25, 0.3) is 0 Å². The van der Waals surface area contributed by atoms with Crippen molar-refractivity contribution in [2.75, 3.05) is 11.9 Å². The van der Waals surface area contributed by atoms with Gasteiger partial charge >= 0.3 is 0 Å². The normalized spacial score (nSPS) is 14.1. The van der Waals surface area contributed by atoms with Crippen molar-refractivity contribution in [1.29, 1.82) is 0 Å². The van der Waals surface area contributed by atoms with Crippen LogP contribution in [0.4, 0.5) is 5.69 Å². The summed E-state index contributed by atoms with van der Waals surface area (Å²) in [6.07, 6.45) is 4.46. The quantitative estimate of drug-likeness (QED) is 0.277. The second-order valence-corrected chi connectivity index (χ2v) is 5.39. The summed E-state index contributed by atoms with van der Waals surface area (Å²) in [5, 5.41) is 6.03. The Kier molecular flexibility index (Phi) is 8.22. The summed E-state index contributed by atoms with van der Waals surface area (Å²) < 4.78 is 0. The molecule has 1 aliphatic rings. The van der Waals surface area contributed by atoms with Gasteiger partial charge in [-0.1, -0.05) is 19.1 Å². The molecule has 0 atom stereocenters. The second-order valence-electron chi connectivity index (χ2n) is 5.39. The molecule has 0 bridgehead atoms. The predicted octanol–water partition coefficient (Wildman–Crippen LogP) is 2.65. The van der Waals surface area contributed by atoms with E-state index in [4.69, 9.17) is 5.73 Å². The van der Waals surface area contributed by atoms with E-state index in [-0.39, 0.29) is 29.9 Å². The lowest BCUT2D eigenvalue weighted by Crippen LogP contribution is -2.25. The van der Waals surface area contributed by atoms with Crippen LogP contribution >= 0.6 is 24.0 Å². The van der Waals surface area contributed by atoms with Crippen molar-refractivity contribution in [3.8, 4) is 0 Å². The third-order valence-electron chi connectivity index (χ3n) is 3.39. The highest BCUT2D eigenvalue weighted by atomic mass is 127. The topological polar surface area (TPSA) is 79.5 Å². The Bertz CT molecular complexity index is 515. The minimum atomic E-state index is 0. The molecule has 0 unspecified atom stereocenters. The summed E-state index contributed by atoms with van der Waals surface area (Å²) in [7, 11) is 0. The van der Waals surface area contributed by atoms with Gasteiger partial charge in [-0.05, 0) is 43.4 Å². The lowest BCUT2D eigenvalue weighted by Gasteiger charge is -2.07. The predicted molar refractivity (Wildman–Crippen MR) is 102 cm³/mol. The Labute approximate surface area is 149 Å². The van der Waals surface area contributed by atoms with Crippen molar-refractivity contribution < 1.29 is 4.79 Å². The summed E-state index contributed by atoms with van der Waals surface area (Å²) in [5.74, 6) is 0.515. The largest absolute Gasteiger partial charge is 0.370 e. The van der Waals surface area contributed by atoms with Gasteiger partial charge < -0.3 is 16.4 Å². The van der Waals surface area contributed by atoms with E-state index in [1.165, 1.54) is 5.56 Å². The van der Waals surface area contributed by atoms with Gasteiger partial charge in [0, 0.05) is 24.7 Å². The van der Waals surface area contributed by atoms with Gasteiger partial charge in [-0.15, -0.1) is 24.0 Å². The number of guanidine groups is 1. The fourth-order valence-corrected chi connectivity index (χ4v) is 2.02. The number of benzene rings is 1. The van der Waals surface area contributed by atoms with Crippen LogP contribution in [0.3, 0.4) is 0 Å². The van der Waals surface area contributed by atoms with E-state index in [0.717, 1.165) is 31.4 Å². The molecule has 1 aliphatic carbocycles. The monoisotopic (exact) mass is 416 g/mol. The molecule has 1 fully saturated rings. The number of aliphatic imine (C=N–C) groups is 1. The fourth-order valence-electron chi connectivity index (χ4n) is 2.02. The van der Waals surface area contributed by atoms with Crippen LogP contribution in [0.15, 0.2) is 29.3 Å². The molecule has 6 heteroatoms. The van der Waals surface area contributed by atoms with Crippen molar-refractivity contribution in [3.05, 3.63) is 29.8 Å². The van der Waals surface area contributed by atoms with Crippen LogP contribution < -0.4 is 16.4 Å². The van der Waals surface area contributed by atoms with Gasteiger partial charge in [0.2, 0.25) is 5.91 Å². The molecular formula is C16H25IN4O. The van der Waals surface area contributed by atoms with E-state index < -0.39 is 0 Å². The standard InChI is InChI=1S/C16H24N4O.HI/c1-2-12-5-3-6-14(11-12)20-16(17)18-10-4-7-15(21)19-13-8-9-13;/h3,5-6,11,13H,2,4,7-10H2,1H3,(H,19,21)(H3,17,18,20);1H. The number of carbonyl (C=O) groups excluding carboxylic acids is 1. The first kappa shape index (κ1) is 18.7. The fraction of sp³-hybridized carbons (Fsp3) is 0.500. The molecule has 122 valence electrons. The molecule has 4 N–H and O–H groups in total. The maximum Gasteiger partial charge on any atom is 0.220 e.